The molecule has 0 aliphatic carbocycles. The molecule has 0 saturated carbocycles. The summed E-state index contributed by atoms with van der Waals surface area (Å²) in [6.07, 6.45) is 0. The molecule has 136 valence electrons. The van der Waals surface area contributed by atoms with Crippen molar-refractivity contribution in [2.75, 3.05) is 5.32 Å². The highest BCUT2D eigenvalue weighted by molar-refractivity contribution is 8.00. The van der Waals surface area contributed by atoms with Gasteiger partial charge in [0.1, 0.15) is 5.82 Å². The predicted molar refractivity (Wildman–Crippen MR) is 111 cm³/mol. The smallest absolute Gasteiger partial charge is 0.258 e. The molecule has 4 rings (SSSR count). The second kappa shape index (κ2) is 7.50. The van der Waals surface area contributed by atoms with Gasteiger partial charge < -0.3 is 10.3 Å². The molecule has 2 aromatic carbocycles. The van der Waals surface area contributed by atoms with Gasteiger partial charge in [-0.25, -0.2) is 4.98 Å². The molecule has 0 fully saturated rings. The van der Waals surface area contributed by atoms with Crippen LogP contribution in [0.5, 0.6) is 0 Å². The van der Waals surface area contributed by atoms with Crippen molar-refractivity contribution >= 4 is 44.8 Å². The summed E-state index contributed by atoms with van der Waals surface area (Å²) in [5, 5.41) is 13.0. The molecule has 0 spiro atoms. The quantitative estimate of drug-likeness (QED) is 0.487. The van der Waals surface area contributed by atoms with Crippen molar-refractivity contribution in [1.82, 2.24) is 20.2 Å². The Labute approximate surface area is 164 Å². The first-order valence-electron chi connectivity index (χ1n) is 8.37. The molecule has 0 unspecified atom stereocenters. The molecule has 4 aromatic rings. The monoisotopic (exact) mass is 395 g/mol. The molecule has 0 aliphatic heterocycles. The fourth-order valence-corrected chi connectivity index (χ4v) is 4.36. The summed E-state index contributed by atoms with van der Waals surface area (Å²) in [4.78, 5) is 19.7. The van der Waals surface area contributed by atoms with Crippen LogP contribution in [0.4, 0.5) is 10.8 Å². The van der Waals surface area contributed by atoms with E-state index in [1.807, 2.05) is 44.2 Å². The number of H-pyrrole nitrogens is 1. The van der Waals surface area contributed by atoms with E-state index in [0.717, 1.165) is 26.2 Å². The Morgan fingerprint density at radius 1 is 1.15 bits per heavy atom. The number of para-hydroxylation sites is 1. The standard InChI is InChI=1S/C19H17N5OS2/c1-11-5-3-7-13(9-11)20-18-23-24-19(27-18)26-10-15-21-16-12(2)6-4-8-14(16)17(25)22-15/h3-9H,10H2,1-2H3,(H,20,23)(H,21,22,25). The van der Waals surface area contributed by atoms with Crippen molar-refractivity contribution in [3.63, 3.8) is 0 Å². The highest BCUT2D eigenvalue weighted by atomic mass is 32.2. The topological polar surface area (TPSA) is 83.6 Å². The van der Waals surface area contributed by atoms with Crippen molar-refractivity contribution in [3.05, 3.63) is 69.8 Å². The molecule has 0 amide bonds. The van der Waals surface area contributed by atoms with E-state index in [1.165, 1.54) is 28.7 Å². The van der Waals surface area contributed by atoms with E-state index in [0.29, 0.717) is 17.0 Å². The summed E-state index contributed by atoms with van der Waals surface area (Å²) in [7, 11) is 0. The van der Waals surface area contributed by atoms with E-state index in [4.69, 9.17) is 0 Å². The molecule has 0 saturated heterocycles. The number of thioether (sulfide) groups is 1. The van der Waals surface area contributed by atoms with Crippen LogP contribution in [0, 0.1) is 13.8 Å². The van der Waals surface area contributed by atoms with Crippen LogP contribution in [0.3, 0.4) is 0 Å². The summed E-state index contributed by atoms with van der Waals surface area (Å²) in [5.74, 6) is 1.16. The van der Waals surface area contributed by atoms with E-state index < -0.39 is 0 Å². The van der Waals surface area contributed by atoms with Gasteiger partial charge in [-0.2, -0.15) is 0 Å². The third kappa shape index (κ3) is 4.01. The lowest BCUT2D eigenvalue weighted by molar-refractivity contribution is 1.00. The zero-order valence-electron chi connectivity index (χ0n) is 14.8. The van der Waals surface area contributed by atoms with E-state index >= 15 is 0 Å². The maximum Gasteiger partial charge on any atom is 0.258 e. The Morgan fingerprint density at radius 3 is 2.85 bits per heavy atom. The Balaban J connectivity index is 1.48. The molecule has 0 radical (unpaired) electrons. The number of nitrogens with one attached hydrogen (secondary N) is 2. The van der Waals surface area contributed by atoms with Crippen LogP contribution < -0.4 is 10.9 Å². The lowest BCUT2D eigenvalue weighted by atomic mass is 10.1. The van der Waals surface area contributed by atoms with Crippen LogP contribution in [0.25, 0.3) is 10.9 Å². The highest BCUT2D eigenvalue weighted by Gasteiger charge is 2.09. The Hall–Kier alpha value is -2.71. The highest BCUT2D eigenvalue weighted by Crippen LogP contribution is 2.29. The molecular formula is C19H17N5OS2. The second-order valence-corrected chi connectivity index (χ2v) is 8.34. The number of hydrogen-bond donors (Lipinski definition) is 2. The number of fused-ring (bicyclic) bond motifs is 1. The number of anilines is 2. The normalized spacial score (nSPS) is 11.0. The molecular weight excluding hydrogens is 378 g/mol. The molecule has 2 heterocycles. The minimum absolute atomic E-state index is 0.113. The van der Waals surface area contributed by atoms with Crippen molar-refractivity contribution in [3.8, 4) is 0 Å². The molecule has 6 nitrogen and oxygen atoms in total. The maximum atomic E-state index is 12.3. The van der Waals surface area contributed by atoms with Crippen molar-refractivity contribution in [2.45, 2.75) is 23.9 Å². The van der Waals surface area contributed by atoms with Crippen LogP contribution in [0.2, 0.25) is 0 Å². The minimum Gasteiger partial charge on any atom is -0.330 e. The third-order valence-corrected chi connectivity index (χ3v) is 5.98. The number of aromatic amines is 1. The molecule has 0 aliphatic rings. The number of hydrogen-bond acceptors (Lipinski definition) is 7. The number of nitrogens with zero attached hydrogens (tertiary/aromatic N) is 3. The van der Waals surface area contributed by atoms with Crippen LogP contribution >= 0.6 is 23.1 Å². The first-order valence-corrected chi connectivity index (χ1v) is 10.2. The van der Waals surface area contributed by atoms with E-state index in [-0.39, 0.29) is 5.56 Å². The molecule has 0 atom stereocenters. The first kappa shape index (κ1) is 17.7. The Bertz CT molecular complexity index is 1170. The minimum atomic E-state index is -0.113. The van der Waals surface area contributed by atoms with Gasteiger partial charge in [0.05, 0.1) is 16.7 Å². The first-order chi connectivity index (χ1) is 13.1. The van der Waals surface area contributed by atoms with E-state index in [2.05, 4.69) is 31.5 Å². The van der Waals surface area contributed by atoms with Gasteiger partial charge in [0, 0.05) is 5.69 Å². The average molecular weight is 396 g/mol. The largest absolute Gasteiger partial charge is 0.330 e. The van der Waals surface area contributed by atoms with Gasteiger partial charge in [0.15, 0.2) is 4.34 Å². The summed E-state index contributed by atoms with van der Waals surface area (Å²) in [5.41, 5.74) is 3.79. The predicted octanol–water partition coefficient (Wildman–Crippen LogP) is 4.43. The van der Waals surface area contributed by atoms with Crippen LogP contribution in [-0.2, 0) is 5.75 Å². The number of aryl methyl sites for hydroxylation is 2. The number of benzene rings is 2. The van der Waals surface area contributed by atoms with Crippen molar-refractivity contribution in [2.24, 2.45) is 0 Å². The molecule has 8 heteroatoms. The zero-order chi connectivity index (χ0) is 18.8. The third-order valence-electron chi connectivity index (χ3n) is 4.00. The summed E-state index contributed by atoms with van der Waals surface area (Å²) >= 11 is 2.98. The molecule has 27 heavy (non-hydrogen) atoms. The van der Waals surface area contributed by atoms with Crippen molar-refractivity contribution < 1.29 is 0 Å². The van der Waals surface area contributed by atoms with Gasteiger partial charge >= 0.3 is 0 Å². The summed E-state index contributed by atoms with van der Waals surface area (Å²) < 4.78 is 0.817. The Kier molecular flexibility index (Phi) is 4.91. The summed E-state index contributed by atoms with van der Waals surface area (Å²) in [6, 6.07) is 13.7. The van der Waals surface area contributed by atoms with Gasteiger partial charge in [-0.1, -0.05) is 47.4 Å². The lowest BCUT2D eigenvalue weighted by Crippen LogP contribution is -2.11. The fraction of sp³-hybridized carbons (Fsp3) is 0.158. The van der Waals surface area contributed by atoms with Crippen molar-refractivity contribution in [1.29, 1.82) is 0 Å². The fourth-order valence-electron chi connectivity index (χ4n) is 2.72. The van der Waals surface area contributed by atoms with Gasteiger partial charge in [-0.15, -0.1) is 10.2 Å². The van der Waals surface area contributed by atoms with Gasteiger partial charge in [-0.3, -0.25) is 4.79 Å². The van der Waals surface area contributed by atoms with Gasteiger partial charge in [0.25, 0.3) is 5.56 Å². The molecule has 2 aromatic heterocycles. The lowest BCUT2D eigenvalue weighted by Gasteiger charge is -2.04. The zero-order valence-corrected chi connectivity index (χ0v) is 16.4. The maximum absolute atomic E-state index is 12.3. The average Bonchev–Trinajstić information content (AvgIpc) is 3.08. The van der Waals surface area contributed by atoms with Gasteiger partial charge in [0.2, 0.25) is 5.13 Å². The molecule has 2 N–H and O–H groups in total. The van der Waals surface area contributed by atoms with E-state index in [9.17, 15) is 4.79 Å². The number of rotatable bonds is 5. The SMILES string of the molecule is Cc1cccc(Nc2nnc(SCc3nc4c(C)cccc4c(=O)[nH]3)s2)c1. The number of aromatic nitrogens is 4. The molecule has 0 bridgehead atoms. The Morgan fingerprint density at radius 2 is 2.00 bits per heavy atom. The van der Waals surface area contributed by atoms with Gasteiger partial charge in [-0.05, 0) is 43.2 Å². The van der Waals surface area contributed by atoms with Crippen LogP contribution in [-0.4, -0.2) is 20.2 Å². The summed E-state index contributed by atoms with van der Waals surface area (Å²) in [6.45, 7) is 4.01. The second-order valence-electron chi connectivity index (χ2n) is 6.14. The van der Waals surface area contributed by atoms with E-state index in [1.54, 1.807) is 6.07 Å². The van der Waals surface area contributed by atoms with Crippen LogP contribution in [0.15, 0.2) is 51.6 Å². The van der Waals surface area contributed by atoms with Crippen LogP contribution in [0.1, 0.15) is 17.0 Å².